The molecule has 0 amide bonds. The van der Waals surface area contributed by atoms with E-state index in [0.29, 0.717) is 19.8 Å². The summed E-state index contributed by atoms with van der Waals surface area (Å²) in [5.41, 5.74) is 8.05. The number of fused-ring (bicyclic) bond motifs is 3. The van der Waals surface area contributed by atoms with Crippen LogP contribution in [-0.2, 0) is 17.7 Å². The first-order valence-corrected chi connectivity index (χ1v) is 7.27. The molecule has 2 heterocycles. The topological polar surface area (TPSA) is 82.5 Å². The fourth-order valence-electron chi connectivity index (χ4n) is 2.75. The van der Waals surface area contributed by atoms with Gasteiger partial charge in [-0.1, -0.05) is 0 Å². The van der Waals surface area contributed by atoms with Crippen LogP contribution in [0.15, 0.2) is 18.3 Å². The minimum absolute atomic E-state index is 0.0213. The maximum absolute atomic E-state index is 8.86. The summed E-state index contributed by atoms with van der Waals surface area (Å²) >= 11 is 0. The van der Waals surface area contributed by atoms with Crippen LogP contribution in [0.2, 0.25) is 0 Å². The highest BCUT2D eigenvalue weighted by Crippen LogP contribution is 2.32. The maximum atomic E-state index is 8.86. The van der Waals surface area contributed by atoms with Crippen molar-refractivity contribution in [3.05, 3.63) is 23.9 Å². The van der Waals surface area contributed by atoms with Gasteiger partial charge in [-0.15, -0.1) is 0 Å². The number of aromatic nitrogens is 2. The molecule has 1 aliphatic rings. The van der Waals surface area contributed by atoms with Crippen LogP contribution < -0.4 is 10.5 Å². The summed E-state index contributed by atoms with van der Waals surface area (Å²) in [5, 5.41) is 14.4. The van der Waals surface area contributed by atoms with Gasteiger partial charge in [0.15, 0.2) is 0 Å². The second kappa shape index (κ2) is 6.01. The largest absolute Gasteiger partial charge is 0.491 e. The van der Waals surface area contributed by atoms with Gasteiger partial charge in [-0.3, -0.25) is 4.68 Å². The Labute approximate surface area is 123 Å². The minimum atomic E-state index is -0.0213. The lowest BCUT2D eigenvalue weighted by molar-refractivity contribution is -0.00433. The predicted molar refractivity (Wildman–Crippen MR) is 79.4 cm³/mol. The molecule has 0 fully saturated rings. The lowest BCUT2D eigenvalue weighted by Gasteiger charge is -2.25. The first-order chi connectivity index (χ1) is 10.2. The molecule has 0 radical (unpaired) electrons. The maximum Gasteiger partial charge on any atom is 0.123 e. The third-order valence-corrected chi connectivity index (χ3v) is 3.66. The highest BCUT2D eigenvalue weighted by atomic mass is 16.5. The highest BCUT2D eigenvalue weighted by molar-refractivity contribution is 5.85. The number of aliphatic hydroxyl groups is 1. The summed E-state index contributed by atoms with van der Waals surface area (Å²) in [5.74, 6) is 0.895. The molecular formula is C15H21N3O3. The van der Waals surface area contributed by atoms with Gasteiger partial charge in [-0.2, -0.15) is 5.10 Å². The van der Waals surface area contributed by atoms with E-state index in [0.717, 1.165) is 28.6 Å². The van der Waals surface area contributed by atoms with Crippen LogP contribution in [0.5, 0.6) is 5.75 Å². The van der Waals surface area contributed by atoms with Crippen molar-refractivity contribution in [2.45, 2.75) is 32.0 Å². The Morgan fingerprint density at radius 2 is 2.43 bits per heavy atom. The van der Waals surface area contributed by atoms with Gasteiger partial charge in [0.25, 0.3) is 0 Å². The van der Waals surface area contributed by atoms with Gasteiger partial charge in [-0.25, -0.2) is 0 Å². The van der Waals surface area contributed by atoms with E-state index in [1.165, 1.54) is 0 Å². The van der Waals surface area contributed by atoms with Gasteiger partial charge in [0, 0.05) is 23.4 Å². The minimum Gasteiger partial charge on any atom is -0.491 e. The average molecular weight is 291 g/mol. The van der Waals surface area contributed by atoms with E-state index in [9.17, 15) is 0 Å². The molecule has 2 aromatic rings. The average Bonchev–Trinajstić information content (AvgIpc) is 2.87. The Morgan fingerprint density at radius 3 is 3.19 bits per heavy atom. The molecule has 0 saturated heterocycles. The van der Waals surface area contributed by atoms with Crippen LogP contribution in [0.1, 0.15) is 12.5 Å². The second-order valence-electron chi connectivity index (χ2n) is 5.51. The molecule has 2 atom stereocenters. The van der Waals surface area contributed by atoms with Gasteiger partial charge >= 0.3 is 0 Å². The number of nitrogens with two attached hydrogens (primary N) is 1. The SMILES string of the molecule is C[C@H](N)Cn1ncc2c3c(ccc21)OC[C@H](OCCO)C3. The predicted octanol–water partition coefficient (Wildman–Crippen LogP) is 0.696. The van der Waals surface area contributed by atoms with Crippen molar-refractivity contribution in [3.63, 3.8) is 0 Å². The van der Waals surface area contributed by atoms with Gasteiger partial charge in [-0.05, 0) is 19.1 Å². The van der Waals surface area contributed by atoms with Gasteiger partial charge in [0.1, 0.15) is 12.4 Å². The quantitative estimate of drug-likeness (QED) is 0.847. The number of nitrogens with zero attached hydrogens (tertiary/aromatic N) is 2. The van der Waals surface area contributed by atoms with Crippen molar-refractivity contribution < 1.29 is 14.6 Å². The fraction of sp³-hybridized carbons (Fsp3) is 0.533. The number of ether oxygens (including phenoxy) is 2. The van der Waals surface area contributed by atoms with Crippen molar-refractivity contribution in [1.29, 1.82) is 0 Å². The standard InChI is InChI=1S/C15H21N3O3/c1-10(16)8-18-14-2-3-15-12(13(14)7-17-18)6-11(9-21-15)20-5-4-19/h2-3,7,10-11,19H,4-6,8-9,16H2,1H3/t10-,11+/m0/s1. The number of benzene rings is 1. The molecule has 3 rings (SSSR count). The zero-order valence-electron chi connectivity index (χ0n) is 12.2. The van der Waals surface area contributed by atoms with E-state index in [1.54, 1.807) is 0 Å². The zero-order chi connectivity index (χ0) is 14.8. The summed E-state index contributed by atoms with van der Waals surface area (Å²) in [6.07, 6.45) is 2.62. The van der Waals surface area contributed by atoms with Crippen LogP contribution in [0.4, 0.5) is 0 Å². The normalized spacial score (nSPS) is 19.3. The van der Waals surface area contributed by atoms with E-state index in [4.69, 9.17) is 20.3 Å². The van der Waals surface area contributed by atoms with E-state index in [1.807, 2.05) is 29.9 Å². The number of hydrogen-bond donors (Lipinski definition) is 2. The fourth-order valence-corrected chi connectivity index (χ4v) is 2.75. The van der Waals surface area contributed by atoms with E-state index >= 15 is 0 Å². The molecule has 0 saturated carbocycles. The lowest BCUT2D eigenvalue weighted by atomic mass is 10.0. The second-order valence-corrected chi connectivity index (χ2v) is 5.51. The Balaban J connectivity index is 1.91. The van der Waals surface area contributed by atoms with Crippen LogP contribution in [0.3, 0.4) is 0 Å². The first kappa shape index (κ1) is 14.3. The number of aliphatic hydroxyl groups excluding tert-OH is 1. The molecule has 1 aromatic carbocycles. The van der Waals surface area contributed by atoms with Gasteiger partial charge < -0.3 is 20.3 Å². The van der Waals surface area contributed by atoms with Crippen molar-refractivity contribution in [2.75, 3.05) is 19.8 Å². The molecule has 1 aromatic heterocycles. The van der Waals surface area contributed by atoms with Crippen molar-refractivity contribution in [3.8, 4) is 5.75 Å². The third-order valence-electron chi connectivity index (χ3n) is 3.66. The monoisotopic (exact) mass is 291 g/mol. The molecule has 21 heavy (non-hydrogen) atoms. The number of hydrogen-bond acceptors (Lipinski definition) is 5. The van der Waals surface area contributed by atoms with Crippen molar-refractivity contribution >= 4 is 10.9 Å². The molecule has 0 aliphatic carbocycles. The number of rotatable bonds is 5. The van der Waals surface area contributed by atoms with E-state index < -0.39 is 0 Å². The van der Waals surface area contributed by atoms with Crippen molar-refractivity contribution in [1.82, 2.24) is 9.78 Å². The molecule has 6 heteroatoms. The lowest BCUT2D eigenvalue weighted by Crippen LogP contribution is -2.29. The van der Waals surface area contributed by atoms with E-state index in [2.05, 4.69) is 5.10 Å². The van der Waals surface area contributed by atoms with E-state index in [-0.39, 0.29) is 18.8 Å². The summed E-state index contributed by atoms with van der Waals surface area (Å²) in [6, 6.07) is 4.07. The molecule has 0 bridgehead atoms. The Hall–Kier alpha value is -1.63. The highest BCUT2D eigenvalue weighted by Gasteiger charge is 2.23. The van der Waals surface area contributed by atoms with Crippen LogP contribution in [0, 0.1) is 0 Å². The first-order valence-electron chi connectivity index (χ1n) is 7.27. The molecule has 0 unspecified atom stereocenters. The molecule has 0 spiro atoms. The summed E-state index contributed by atoms with van der Waals surface area (Å²) < 4.78 is 13.3. The third kappa shape index (κ3) is 2.88. The summed E-state index contributed by atoms with van der Waals surface area (Å²) in [6.45, 7) is 3.54. The van der Waals surface area contributed by atoms with Crippen LogP contribution in [-0.4, -0.2) is 46.9 Å². The Bertz CT molecular complexity index is 624. The van der Waals surface area contributed by atoms with Gasteiger partial charge in [0.05, 0.1) is 37.6 Å². The summed E-state index contributed by atoms with van der Waals surface area (Å²) in [4.78, 5) is 0. The molecule has 1 aliphatic heterocycles. The van der Waals surface area contributed by atoms with Crippen molar-refractivity contribution in [2.24, 2.45) is 5.73 Å². The summed E-state index contributed by atoms with van der Waals surface area (Å²) in [7, 11) is 0. The zero-order valence-corrected chi connectivity index (χ0v) is 12.2. The smallest absolute Gasteiger partial charge is 0.123 e. The molecular weight excluding hydrogens is 270 g/mol. The molecule has 114 valence electrons. The van der Waals surface area contributed by atoms with Crippen LogP contribution >= 0.6 is 0 Å². The molecule has 3 N–H and O–H groups in total. The van der Waals surface area contributed by atoms with Gasteiger partial charge in [0.2, 0.25) is 0 Å². The van der Waals surface area contributed by atoms with Crippen LogP contribution in [0.25, 0.3) is 10.9 Å². The Morgan fingerprint density at radius 1 is 1.57 bits per heavy atom. The Kier molecular flexibility index (Phi) is 4.10. The molecule has 6 nitrogen and oxygen atoms in total.